The standard InChI is InChI=1S/C11H18BrN3O3/c1-3-18-7-8(2)14-9-6-13-15(4-5-16)11(17)10(9)12/h6,8,14,16H,3-5,7H2,1-2H3. The number of halogens is 1. The van der Waals surface area contributed by atoms with Gasteiger partial charge in [-0.25, -0.2) is 4.68 Å². The maximum Gasteiger partial charge on any atom is 0.283 e. The van der Waals surface area contributed by atoms with Crippen molar-refractivity contribution in [2.24, 2.45) is 0 Å². The summed E-state index contributed by atoms with van der Waals surface area (Å²) < 4.78 is 6.91. The summed E-state index contributed by atoms with van der Waals surface area (Å²) in [7, 11) is 0. The van der Waals surface area contributed by atoms with Crippen molar-refractivity contribution in [1.82, 2.24) is 9.78 Å². The molecule has 0 aliphatic rings. The summed E-state index contributed by atoms with van der Waals surface area (Å²) in [5, 5.41) is 15.9. The topological polar surface area (TPSA) is 76.4 Å². The quantitative estimate of drug-likeness (QED) is 0.778. The molecule has 0 aromatic carbocycles. The van der Waals surface area contributed by atoms with Gasteiger partial charge in [0.25, 0.3) is 5.56 Å². The molecule has 0 saturated carbocycles. The lowest BCUT2D eigenvalue weighted by Crippen LogP contribution is -2.28. The van der Waals surface area contributed by atoms with Crippen molar-refractivity contribution in [3.05, 3.63) is 21.0 Å². The second-order valence-electron chi connectivity index (χ2n) is 3.83. The zero-order valence-corrected chi connectivity index (χ0v) is 12.1. The van der Waals surface area contributed by atoms with Crippen molar-refractivity contribution in [3.63, 3.8) is 0 Å². The van der Waals surface area contributed by atoms with Crippen LogP contribution in [0, 0.1) is 0 Å². The molecule has 0 aliphatic carbocycles. The SMILES string of the molecule is CCOCC(C)Nc1cnn(CCO)c(=O)c1Br. The minimum absolute atomic E-state index is 0.0798. The van der Waals surface area contributed by atoms with Crippen molar-refractivity contribution < 1.29 is 9.84 Å². The Bertz CT molecular complexity index is 436. The van der Waals surface area contributed by atoms with E-state index in [1.54, 1.807) is 6.20 Å². The molecule has 6 nitrogen and oxygen atoms in total. The average molecular weight is 320 g/mol. The smallest absolute Gasteiger partial charge is 0.283 e. The highest BCUT2D eigenvalue weighted by atomic mass is 79.9. The third kappa shape index (κ3) is 4.08. The molecule has 1 unspecified atom stereocenters. The Labute approximate surface area is 114 Å². The number of rotatable bonds is 7. The molecular weight excluding hydrogens is 302 g/mol. The van der Waals surface area contributed by atoms with Crippen molar-refractivity contribution in [3.8, 4) is 0 Å². The molecule has 0 aliphatic heterocycles. The van der Waals surface area contributed by atoms with Gasteiger partial charge in [-0.2, -0.15) is 5.10 Å². The minimum atomic E-state index is -0.266. The lowest BCUT2D eigenvalue weighted by Gasteiger charge is -2.16. The first kappa shape index (κ1) is 15.1. The molecule has 1 heterocycles. The van der Waals surface area contributed by atoms with Gasteiger partial charge in [0.05, 0.1) is 31.6 Å². The molecule has 0 fully saturated rings. The zero-order chi connectivity index (χ0) is 13.5. The van der Waals surface area contributed by atoms with Gasteiger partial charge in [-0.15, -0.1) is 0 Å². The first-order valence-corrected chi connectivity index (χ1v) is 6.60. The van der Waals surface area contributed by atoms with Crippen LogP contribution in [0.2, 0.25) is 0 Å². The van der Waals surface area contributed by atoms with E-state index in [0.717, 1.165) is 0 Å². The Morgan fingerprint density at radius 2 is 2.39 bits per heavy atom. The number of hydrogen-bond donors (Lipinski definition) is 2. The predicted molar refractivity (Wildman–Crippen MR) is 72.9 cm³/mol. The van der Waals surface area contributed by atoms with Crippen LogP contribution in [0.3, 0.4) is 0 Å². The van der Waals surface area contributed by atoms with E-state index in [1.165, 1.54) is 4.68 Å². The first-order valence-electron chi connectivity index (χ1n) is 5.80. The van der Waals surface area contributed by atoms with Gasteiger partial charge in [0.2, 0.25) is 0 Å². The minimum Gasteiger partial charge on any atom is -0.394 e. The molecule has 0 radical (unpaired) electrons. The van der Waals surface area contributed by atoms with Gasteiger partial charge < -0.3 is 15.2 Å². The van der Waals surface area contributed by atoms with Gasteiger partial charge in [0.1, 0.15) is 4.47 Å². The maximum atomic E-state index is 11.8. The Kier molecular flexibility index (Phi) is 6.31. The van der Waals surface area contributed by atoms with Crippen molar-refractivity contribution >= 4 is 21.6 Å². The largest absolute Gasteiger partial charge is 0.394 e. The molecule has 18 heavy (non-hydrogen) atoms. The predicted octanol–water partition coefficient (Wildman–Crippen LogP) is 0.835. The van der Waals surface area contributed by atoms with Crippen LogP contribution in [0.4, 0.5) is 5.69 Å². The summed E-state index contributed by atoms with van der Waals surface area (Å²) in [5.74, 6) is 0. The van der Waals surface area contributed by atoms with Gasteiger partial charge in [-0.05, 0) is 29.8 Å². The molecule has 1 aromatic heterocycles. The van der Waals surface area contributed by atoms with E-state index in [9.17, 15) is 4.79 Å². The summed E-state index contributed by atoms with van der Waals surface area (Å²) in [5.41, 5.74) is 0.360. The summed E-state index contributed by atoms with van der Waals surface area (Å²) >= 11 is 3.24. The van der Waals surface area contributed by atoms with E-state index in [0.29, 0.717) is 23.4 Å². The number of hydrogen-bond acceptors (Lipinski definition) is 5. The monoisotopic (exact) mass is 319 g/mol. The van der Waals surface area contributed by atoms with E-state index in [-0.39, 0.29) is 24.8 Å². The van der Waals surface area contributed by atoms with Gasteiger partial charge in [-0.1, -0.05) is 0 Å². The van der Waals surface area contributed by atoms with Crippen LogP contribution in [0.25, 0.3) is 0 Å². The normalized spacial score (nSPS) is 12.4. The summed E-state index contributed by atoms with van der Waals surface area (Å²) in [6, 6.07) is 0.0798. The molecule has 1 atom stereocenters. The highest BCUT2D eigenvalue weighted by Crippen LogP contribution is 2.17. The molecule has 0 bridgehead atoms. The van der Waals surface area contributed by atoms with E-state index in [4.69, 9.17) is 9.84 Å². The molecule has 2 N–H and O–H groups in total. The van der Waals surface area contributed by atoms with Crippen LogP contribution in [-0.2, 0) is 11.3 Å². The summed E-state index contributed by atoms with van der Waals surface area (Å²) in [6.45, 7) is 5.17. The van der Waals surface area contributed by atoms with Crippen LogP contribution >= 0.6 is 15.9 Å². The van der Waals surface area contributed by atoms with Crippen LogP contribution in [-0.4, -0.2) is 40.7 Å². The zero-order valence-electron chi connectivity index (χ0n) is 10.5. The van der Waals surface area contributed by atoms with Crippen LogP contribution < -0.4 is 10.9 Å². The van der Waals surface area contributed by atoms with Gasteiger partial charge >= 0.3 is 0 Å². The highest BCUT2D eigenvalue weighted by molar-refractivity contribution is 9.10. The number of aliphatic hydroxyl groups excluding tert-OH is 1. The van der Waals surface area contributed by atoms with E-state index in [2.05, 4.69) is 26.3 Å². The van der Waals surface area contributed by atoms with Crippen molar-refractivity contribution in [2.45, 2.75) is 26.4 Å². The molecular formula is C11H18BrN3O3. The van der Waals surface area contributed by atoms with Gasteiger partial charge in [0.15, 0.2) is 0 Å². The second kappa shape index (κ2) is 7.50. The molecule has 102 valence electrons. The number of anilines is 1. The fourth-order valence-corrected chi connectivity index (χ4v) is 1.84. The Balaban J connectivity index is 2.79. The molecule has 0 spiro atoms. The Morgan fingerprint density at radius 3 is 3.00 bits per heavy atom. The second-order valence-corrected chi connectivity index (χ2v) is 4.62. The maximum absolute atomic E-state index is 11.8. The number of nitrogens with zero attached hydrogens (tertiary/aromatic N) is 2. The van der Waals surface area contributed by atoms with E-state index in [1.807, 2.05) is 13.8 Å². The lowest BCUT2D eigenvalue weighted by atomic mass is 10.3. The third-order valence-electron chi connectivity index (χ3n) is 2.27. The van der Waals surface area contributed by atoms with Gasteiger partial charge in [0, 0.05) is 12.6 Å². The highest BCUT2D eigenvalue weighted by Gasteiger charge is 2.10. The van der Waals surface area contributed by atoms with Crippen molar-refractivity contribution in [2.75, 3.05) is 25.1 Å². The molecule has 7 heteroatoms. The Hall–Kier alpha value is -0.920. The Morgan fingerprint density at radius 1 is 1.67 bits per heavy atom. The van der Waals surface area contributed by atoms with Gasteiger partial charge in [-0.3, -0.25) is 4.79 Å². The summed E-state index contributed by atoms with van der Waals surface area (Å²) in [6.07, 6.45) is 1.56. The number of aliphatic hydroxyl groups is 1. The fraction of sp³-hybridized carbons (Fsp3) is 0.636. The molecule has 1 aromatic rings. The number of ether oxygens (including phenoxy) is 1. The van der Waals surface area contributed by atoms with Crippen LogP contribution in [0.1, 0.15) is 13.8 Å². The molecule has 1 rings (SSSR count). The van der Waals surface area contributed by atoms with Crippen molar-refractivity contribution in [1.29, 1.82) is 0 Å². The molecule has 0 saturated heterocycles. The molecule has 0 amide bonds. The fourth-order valence-electron chi connectivity index (χ4n) is 1.42. The first-order chi connectivity index (χ1) is 8.60. The van der Waals surface area contributed by atoms with E-state index >= 15 is 0 Å². The third-order valence-corrected chi connectivity index (χ3v) is 3.04. The lowest BCUT2D eigenvalue weighted by molar-refractivity contribution is 0.141. The van der Waals surface area contributed by atoms with E-state index < -0.39 is 0 Å². The van der Waals surface area contributed by atoms with Crippen LogP contribution in [0.5, 0.6) is 0 Å². The van der Waals surface area contributed by atoms with Crippen LogP contribution in [0.15, 0.2) is 15.5 Å². The number of aromatic nitrogens is 2. The average Bonchev–Trinajstić information content (AvgIpc) is 2.36. The summed E-state index contributed by atoms with van der Waals surface area (Å²) in [4.78, 5) is 11.8. The number of nitrogens with one attached hydrogen (secondary N) is 1.